The summed E-state index contributed by atoms with van der Waals surface area (Å²) in [7, 11) is 0. The van der Waals surface area contributed by atoms with Crippen molar-refractivity contribution in [3.8, 4) is 0 Å². The summed E-state index contributed by atoms with van der Waals surface area (Å²) in [6.07, 6.45) is 3.52. The van der Waals surface area contributed by atoms with Gasteiger partial charge in [0.2, 0.25) is 5.91 Å². The first-order valence-electron chi connectivity index (χ1n) is 9.52. The molecule has 2 heterocycles. The van der Waals surface area contributed by atoms with E-state index in [0.29, 0.717) is 32.0 Å². The van der Waals surface area contributed by atoms with E-state index in [1.165, 1.54) is 17.4 Å². The SMILES string of the molecule is CC(CNC(=O)CCCNC(=O)c1ccco1)N1CCc2ccccc2C1. The molecule has 1 aliphatic heterocycles. The lowest BCUT2D eigenvalue weighted by molar-refractivity contribution is -0.121. The fourth-order valence-corrected chi connectivity index (χ4v) is 3.32. The van der Waals surface area contributed by atoms with E-state index in [2.05, 4.69) is 46.7 Å². The number of furan rings is 1. The molecule has 6 heteroatoms. The van der Waals surface area contributed by atoms with Gasteiger partial charge in [0, 0.05) is 38.6 Å². The number of carbonyl (C=O) groups excluding carboxylic acids is 2. The van der Waals surface area contributed by atoms with Gasteiger partial charge in [0.15, 0.2) is 5.76 Å². The van der Waals surface area contributed by atoms with Crippen molar-refractivity contribution < 1.29 is 14.0 Å². The van der Waals surface area contributed by atoms with Crippen LogP contribution in [-0.2, 0) is 17.8 Å². The summed E-state index contributed by atoms with van der Waals surface area (Å²) >= 11 is 0. The van der Waals surface area contributed by atoms with Gasteiger partial charge >= 0.3 is 0 Å². The monoisotopic (exact) mass is 369 g/mol. The molecule has 2 N–H and O–H groups in total. The molecule has 1 unspecified atom stereocenters. The van der Waals surface area contributed by atoms with Crippen LogP contribution in [-0.4, -0.2) is 42.4 Å². The quantitative estimate of drug-likeness (QED) is 0.701. The first-order chi connectivity index (χ1) is 13.1. The summed E-state index contributed by atoms with van der Waals surface area (Å²) in [5, 5.41) is 5.75. The average Bonchev–Trinajstić information content (AvgIpc) is 3.24. The maximum absolute atomic E-state index is 12.0. The van der Waals surface area contributed by atoms with E-state index in [1.807, 2.05) is 0 Å². The Labute approximate surface area is 159 Å². The van der Waals surface area contributed by atoms with E-state index < -0.39 is 0 Å². The lowest BCUT2D eigenvalue weighted by Crippen LogP contribution is -2.44. The summed E-state index contributed by atoms with van der Waals surface area (Å²) < 4.78 is 5.02. The molecule has 0 fully saturated rings. The zero-order chi connectivity index (χ0) is 19.1. The molecule has 1 aromatic carbocycles. The Bertz CT molecular complexity index is 758. The molecule has 1 aliphatic rings. The van der Waals surface area contributed by atoms with Gasteiger partial charge in [0.1, 0.15) is 0 Å². The zero-order valence-corrected chi connectivity index (χ0v) is 15.7. The third-order valence-electron chi connectivity index (χ3n) is 4.99. The Morgan fingerprint density at radius 3 is 2.74 bits per heavy atom. The molecule has 0 aliphatic carbocycles. The van der Waals surface area contributed by atoms with Crippen LogP contribution in [0.25, 0.3) is 0 Å². The molecular weight excluding hydrogens is 342 g/mol. The Balaban J connectivity index is 1.31. The van der Waals surface area contributed by atoms with Crippen molar-refractivity contribution in [3.05, 3.63) is 59.5 Å². The van der Waals surface area contributed by atoms with Gasteiger partial charge in [-0.05, 0) is 43.0 Å². The van der Waals surface area contributed by atoms with Crippen LogP contribution in [0.15, 0.2) is 47.1 Å². The van der Waals surface area contributed by atoms with Crippen LogP contribution in [0.4, 0.5) is 0 Å². The lowest BCUT2D eigenvalue weighted by Gasteiger charge is -2.33. The van der Waals surface area contributed by atoms with E-state index in [0.717, 1.165) is 19.5 Å². The Kier molecular flexibility index (Phi) is 6.65. The van der Waals surface area contributed by atoms with Gasteiger partial charge < -0.3 is 15.1 Å². The first-order valence-corrected chi connectivity index (χ1v) is 9.52. The average molecular weight is 369 g/mol. The van der Waals surface area contributed by atoms with Crippen molar-refractivity contribution in [2.75, 3.05) is 19.6 Å². The summed E-state index contributed by atoms with van der Waals surface area (Å²) in [4.78, 5) is 26.2. The fraction of sp³-hybridized carbons (Fsp3) is 0.429. The van der Waals surface area contributed by atoms with Crippen molar-refractivity contribution >= 4 is 11.8 Å². The lowest BCUT2D eigenvalue weighted by atomic mass is 9.99. The van der Waals surface area contributed by atoms with Crippen LogP contribution in [0.1, 0.15) is 41.4 Å². The van der Waals surface area contributed by atoms with Crippen molar-refractivity contribution in [3.63, 3.8) is 0 Å². The number of carbonyl (C=O) groups is 2. The van der Waals surface area contributed by atoms with E-state index in [-0.39, 0.29) is 17.6 Å². The van der Waals surface area contributed by atoms with E-state index in [9.17, 15) is 9.59 Å². The van der Waals surface area contributed by atoms with Gasteiger partial charge in [-0.25, -0.2) is 0 Å². The maximum atomic E-state index is 12.0. The Morgan fingerprint density at radius 2 is 1.96 bits per heavy atom. The van der Waals surface area contributed by atoms with Gasteiger partial charge in [0.25, 0.3) is 5.91 Å². The second kappa shape index (κ2) is 9.37. The van der Waals surface area contributed by atoms with Gasteiger partial charge in [0.05, 0.1) is 6.26 Å². The molecular formula is C21H27N3O3. The van der Waals surface area contributed by atoms with E-state index in [1.54, 1.807) is 12.1 Å². The predicted molar refractivity (Wildman–Crippen MR) is 103 cm³/mol. The molecule has 2 aromatic rings. The fourth-order valence-electron chi connectivity index (χ4n) is 3.32. The number of nitrogens with zero attached hydrogens (tertiary/aromatic N) is 1. The number of amides is 2. The molecule has 144 valence electrons. The first kappa shape index (κ1) is 19.2. The largest absolute Gasteiger partial charge is 0.459 e. The van der Waals surface area contributed by atoms with Crippen molar-refractivity contribution in [1.82, 2.24) is 15.5 Å². The van der Waals surface area contributed by atoms with Gasteiger partial charge in [-0.2, -0.15) is 0 Å². The zero-order valence-electron chi connectivity index (χ0n) is 15.7. The number of hydrogen-bond donors (Lipinski definition) is 2. The van der Waals surface area contributed by atoms with Crippen LogP contribution in [0, 0.1) is 0 Å². The molecule has 1 aromatic heterocycles. The van der Waals surface area contributed by atoms with Crippen molar-refractivity contribution in [2.24, 2.45) is 0 Å². The van der Waals surface area contributed by atoms with E-state index >= 15 is 0 Å². The molecule has 6 nitrogen and oxygen atoms in total. The smallest absolute Gasteiger partial charge is 0.286 e. The van der Waals surface area contributed by atoms with Crippen LogP contribution in [0.3, 0.4) is 0 Å². The van der Waals surface area contributed by atoms with Crippen LogP contribution in [0.2, 0.25) is 0 Å². The highest BCUT2D eigenvalue weighted by Gasteiger charge is 2.20. The summed E-state index contributed by atoms with van der Waals surface area (Å²) in [6, 6.07) is 12.1. The number of benzene rings is 1. The summed E-state index contributed by atoms with van der Waals surface area (Å²) in [5.41, 5.74) is 2.82. The molecule has 2 amide bonds. The highest BCUT2D eigenvalue weighted by atomic mass is 16.3. The third-order valence-corrected chi connectivity index (χ3v) is 4.99. The number of hydrogen-bond acceptors (Lipinski definition) is 4. The highest BCUT2D eigenvalue weighted by molar-refractivity contribution is 5.91. The number of nitrogens with one attached hydrogen (secondary N) is 2. The van der Waals surface area contributed by atoms with Crippen LogP contribution >= 0.6 is 0 Å². The predicted octanol–water partition coefficient (Wildman–Crippen LogP) is 2.35. The van der Waals surface area contributed by atoms with Gasteiger partial charge in [-0.1, -0.05) is 24.3 Å². The highest BCUT2D eigenvalue weighted by Crippen LogP contribution is 2.19. The second-order valence-corrected chi connectivity index (χ2v) is 6.98. The minimum absolute atomic E-state index is 0.0199. The number of fused-ring (bicyclic) bond motifs is 1. The summed E-state index contributed by atoms with van der Waals surface area (Å²) in [5.74, 6) is 0.0577. The standard InChI is InChI=1S/C21H27N3O3/c1-16(24-12-10-17-6-2-3-7-18(17)15-24)14-23-20(25)9-4-11-22-21(26)19-8-5-13-27-19/h2-3,5-8,13,16H,4,9-12,14-15H2,1H3,(H,22,26)(H,23,25). The molecule has 3 rings (SSSR count). The van der Waals surface area contributed by atoms with Crippen LogP contribution < -0.4 is 10.6 Å². The summed E-state index contributed by atoms with van der Waals surface area (Å²) in [6.45, 7) is 5.20. The third kappa shape index (κ3) is 5.44. The van der Waals surface area contributed by atoms with E-state index in [4.69, 9.17) is 4.42 Å². The maximum Gasteiger partial charge on any atom is 0.286 e. The second-order valence-electron chi connectivity index (χ2n) is 6.98. The van der Waals surface area contributed by atoms with Crippen LogP contribution in [0.5, 0.6) is 0 Å². The minimum Gasteiger partial charge on any atom is -0.459 e. The molecule has 27 heavy (non-hydrogen) atoms. The molecule has 0 saturated carbocycles. The molecule has 0 saturated heterocycles. The molecule has 1 atom stereocenters. The van der Waals surface area contributed by atoms with Crippen molar-refractivity contribution in [1.29, 1.82) is 0 Å². The topological polar surface area (TPSA) is 74.6 Å². The normalized spacial score (nSPS) is 15.0. The molecule has 0 spiro atoms. The molecule has 0 radical (unpaired) electrons. The Hall–Kier alpha value is -2.60. The number of rotatable bonds is 8. The molecule has 0 bridgehead atoms. The van der Waals surface area contributed by atoms with Gasteiger partial charge in [-0.3, -0.25) is 14.5 Å². The van der Waals surface area contributed by atoms with Crippen molar-refractivity contribution in [2.45, 2.75) is 38.8 Å². The Morgan fingerprint density at radius 1 is 1.15 bits per heavy atom. The minimum atomic E-state index is -0.251. The van der Waals surface area contributed by atoms with Gasteiger partial charge in [-0.15, -0.1) is 0 Å².